The maximum atomic E-state index is 12.2. The Hall–Kier alpha value is -1.68. The lowest BCUT2D eigenvalue weighted by atomic mass is 9.86. The number of benzene rings is 1. The van der Waals surface area contributed by atoms with Crippen molar-refractivity contribution in [3.05, 3.63) is 28.8 Å². The highest BCUT2D eigenvalue weighted by Crippen LogP contribution is 2.37. The van der Waals surface area contributed by atoms with Crippen molar-refractivity contribution >= 4 is 23.6 Å². The predicted molar refractivity (Wildman–Crippen MR) is 107 cm³/mol. The molecule has 144 valence electrons. The van der Waals surface area contributed by atoms with Crippen LogP contribution in [0.1, 0.15) is 52.0 Å². The van der Waals surface area contributed by atoms with E-state index in [1.54, 1.807) is 25.3 Å². The Labute approximate surface area is 161 Å². The summed E-state index contributed by atoms with van der Waals surface area (Å²) in [4.78, 5) is 12.2. The molecule has 0 spiro atoms. The summed E-state index contributed by atoms with van der Waals surface area (Å²) in [7, 11) is 1.58. The first-order valence-electron chi connectivity index (χ1n) is 9.39. The minimum atomic E-state index is -0.0704. The lowest BCUT2D eigenvalue weighted by molar-refractivity contribution is -0.117. The third kappa shape index (κ3) is 5.94. The van der Waals surface area contributed by atoms with Gasteiger partial charge in [-0.2, -0.15) is 0 Å². The zero-order chi connectivity index (χ0) is 19.1. The molecule has 0 heterocycles. The number of halogens is 1. The van der Waals surface area contributed by atoms with Gasteiger partial charge in [0, 0.05) is 12.1 Å². The van der Waals surface area contributed by atoms with Gasteiger partial charge in [0.05, 0.1) is 18.7 Å². The smallest absolute Gasteiger partial charge is 0.244 e. The van der Waals surface area contributed by atoms with Gasteiger partial charge in [0.15, 0.2) is 11.5 Å². The summed E-state index contributed by atoms with van der Waals surface area (Å²) in [5, 5.41) is 3.59. The molecule has 4 nitrogen and oxygen atoms in total. The first kappa shape index (κ1) is 20.6. The number of methoxy groups -OCH3 is 1. The summed E-state index contributed by atoms with van der Waals surface area (Å²) in [6.07, 6.45) is 7.99. The highest BCUT2D eigenvalue weighted by Gasteiger charge is 2.22. The van der Waals surface area contributed by atoms with Crippen molar-refractivity contribution in [3.63, 3.8) is 0 Å². The number of ether oxygens (including phenoxy) is 2. The fourth-order valence-corrected chi connectivity index (χ4v) is 3.43. The molecule has 0 bridgehead atoms. The van der Waals surface area contributed by atoms with Crippen molar-refractivity contribution in [1.29, 1.82) is 0 Å². The van der Waals surface area contributed by atoms with Gasteiger partial charge in [0.25, 0.3) is 0 Å². The lowest BCUT2D eigenvalue weighted by Crippen LogP contribution is -2.40. The van der Waals surface area contributed by atoms with E-state index >= 15 is 0 Å². The highest BCUT2D eigenvalue weighted by atomic mass is 35.5. The molecule has 2 atom stereocenters. The van der Waals surface area contributed by atoms with Gasteiger partial charge in [0.1, 0.15) is 0 Å². The summed E-state index contributed by atoms with van der Waals surface area (Å²) in [5.41, 5.74) is 0.801. The van der Waals surface area contributed by atoms with Gasteiger partial charge in [-0.3, -0.25) is 4.79 Å². The Morgan fingerprint density at radius 3 is 2.73 bits per heavy atom. The molecule has 5 heteroatoms. The Balaban J connectivity index is 2.04. The monoisotopic (exact) mass is 379 g/mol. The zero-order valence-electron chi connectivity index (χ0n) is 16.2. The summed E-state index contributed by atoms with van der Waals surface area (Å²) in [5.74, 6) is 1.97. The molecule has 1 fully saturated rings. The standard InChI is InChI=1S/C21H30ClNO3/c1-14(2)13-26-21-17(22)11-16(12-19(21)25-4)9-10-20(24)23-18-8-6-5-7-15(18)3/h9-12,14-15,18H,5-8,13H2,1-4H3,(H,23,24). The zero-order valence-corrected chi connectivity index (χ0v) is 16.9. The summed E-state index contributed by atoms with van der Waals surface area (Å²) >= 11 is 6.35. The molecule has 0 aliphatic heterocycles. The van der Waals surface area contributed by atoms with Gasteiger partial charge < -0.3 is 14.8 Å². The number of nitrogens with one attached hydrogen (secondary N) is 1. The molecular formula is C21H30ClNO3. The third-order valence-corrected chi connectivity index (χ3v) is 4.96. The number of amides is 1. The van der Waals surface area contributed by atoms with E-state index in [1.807, 2.05) is 6.07 Å². The fourth-order valence-electron chi connectivity index (χ4n) is 3.16. The van der Waals surface area contributed by atoms with E-state index < -0.39 is 0 Å². The first-order chi connectivity index (χ1) is 12.4. The number of hydrogen-bond donors (Lipinski definition) is 1. The van der Waals surface area contributed by atoms with Crippen molar-refractivity contribution in [2.75, 3.05) is 13.7 Å². The molecule has 0 radical (unpaired) electrons. The van der Waals surface area contributed by atoms with Crippen LogP contribution in [0, 0.1) is 11.8 Å². The van der Waals surface area contributed by atoms with Gasteiger partial charge in [-0.1, -0.05) is 45.2 Å². The Morgan fingerprint density at radius 1 is 1.35 bits per heavy atom. The van der Waals surface area contributed by atoms with E-state index in [9.17, 15) is 4.79 Å². The summed E-state index contributed by atoms with van der Waals surface area (Å²) in [6, 6.07) is 3.88. The predicted octanol–water partition coefficient (Wildman–Crippen LogP) is 5.09. The van der Waals surface area contributed by atoms with E-state index in [2.05, 4.69) is 26.1 Å². The molecular weight excluding hydrogens is 350 g/mol. The maximum absolute atomic E-state index is 12.2. The second kappa shape index (κ2) is 9.86. The normalized spacial score (nSPS) is 20.4. The molecule has 0 saturated heterocycles. The van der Waals surface area contributed by atoms with Crippen molar-refractivity contribution in [2.45, 2.75) is 52.5 Å². The van der Waals surface area contributed by atoms with Gasteiger partial charge in [-0.05, 0) is 48.4 Å². The van der Waals surface area contributed by atoms with Crippen LogP contribution in [0.25, 0.3) is 6.08 Å². The quantitative estimate of drug-likeness (QED) is 0.671. The minimum absolute atomic E-state index is 0.0704. The van der Waals surface area contributed by atoms with E-state index in [0.717, 1.165) is 12.0 Å². The van der Waals surface area contributed by atoms with Gasteiger partial charge in [0.2, 0.25) is 5.91 Å². The molecule has 1 N–H and O–H groups in total. The fraction of sp³-hybridized carbons (Fsp3) is 0.571. The number of carbonyl (C=O) groups is 1. The highest BCUT2D eigenvalue weighted by molar-refractivity contribution is 6.32. The van der Waals surface area contributed by atoms with Crippen LogP contribution in [-0.4, -0.2) is 25.7 Å². The Morgan fingerprint density at radius 2 is 2.08 bits per heavy atom. The summed E-state index contributed by atoms with van der Waals surface area (Å²) < 4.78 is 11.2. The minimum Gasteiger partial charge on any atom is -0.493 e. The molecule has 2 unspecified atom stereocenters. The molecule has 2 rings (SSSR count). The molecule has 1 aromatic carbocycles. The molecule has 26 heavy (non-hydrogen) atoms. The van der Waals surface area contributed by atoms with Gasteiger partial charge in [-0.15, -0.1) is 0 Å². The third-order valence-electron chi connectivity index (χ3n) is 4.68. The molecule has 1 aromatic rings. The van der Waals surface area contributed by atoms with Crippen LogP contribution in [0.2, 0.25) is 5.02 Å². The van der Waals surface area contributed by atoms with Crippen molar-refractivity contribution in [2.24, 2.45) is 11.8 Å². The Bertz CT molecular complexity index is 642. The van der Waals surface area contributed by atoms with Crippen molar-refractivity contribution < 1.29 is 14.3 Å². The molecule has 1 aliphatic rings. The van der Waals surface area contributed by atoms with Crippen LogP contribution in [0.15, 0.2) is 18.2 Å². The first-order valence-corrected chi connectivity index (χ1v) is 9.77. The van der Waals surface area contributed by atoms with Crippen LogP contribution in [0.3, 0.4) is 0 Å². The van der Waals surface area contributed by atoms with Crippen LogP contribution < -0.4 is 14.8 Å². The second-order valence-electron chi connectivity index (χ2n) is 7.45. The maximum Gasteiger partial charge on any atom is 0.244 e. The van der Waals surface area contributed by atoms with Gasteiger partial charge in [-0.25, -0.2) is 0 Å². The SMILES string of the molecule is COc1cc(C=CC(=O)NC2CCCCC2C)cc(Cl)c1OCC(C)C. The van der Waals surface area contributed by atoms with Crippen LogP contribution in [-0.2, 0) is 4.79 Å². The van der Waals surface area contributed by atoms with E-state index in [-0.39, 0.29) is 11.9 Å². The topological polar surface area (TPSA) is 47.6 Å². The van der Waals surface area contributed by atoms with Crippen LogP contribution >= 0.6 is 11.6 Å². The van der Waals surface area contributed by atoms with E-state index in [0.29, 0.717) is 35.0 Å². The van der Waals surface area contributed by atoms with Crippen LogP contribution in [0.5, 0.6) is 11.5 Å². The van der Waals surface area contributed by atoms with Crippen molar-refractivity contribution in [1.82, 2.24) is 5.32 Å². The molecule has 0 aromatic heterocycles. The number of hydrogen-bond acceptors (Lipinski definition) is 3. The number of rotatable bonds is 7. The van der Waals surface area contributed by atoms with Crippen LogP contribution in [0.4, 0.5) is 0 Å². The molecule has 1 saturated carbocycles. The lowest BCUT2D eigenvalue weighted by Gasteiger charge is -2.29. The second-order valence-corrected chi connectivity index (χ2v) is 7.86. The van der Waals surface area contributed by atoms with Crippen molar-refractivity contribution in [3.8, 4) is 11.5 Å². The van der Waals surface area contributed by atoms with Gasteiger partial charge >= 0.3 is 0 Å². The summed E-state index contributed by atoms with van der Waals surface area (Å²) in [6.45, 7) is 6.91. The van der Waals surface area contributed by atoms with E-state index in [4.69, 9.17) is 21.1 Å². The average molecular weight is 380 g/mol. The Kier molecular flexibility index (Phi) is 7.83. The van der Waals surface area contributed by atoms with E-state index in [1.165, 1.54) is 19.3 Å². The average Bonchev–Trinajstić information content (AvgIpc) is 2.60. The molecule has 1 amide bonds. The largest absolute Gasteiger partial charge is 0.493 e. The number of carbonyl (C=O) groups excluding carboxylic acids is 1. The molecule has 1 aliphatic carbocycles.